The Morgan fingerprint density at radius 1 is 1.32 bits per heavy atom. The van der Waals surface area contributed by atoms with E-state index in [1.807, 2.05) is 25.2 Å². The quantitative estimate of drug-likeness (QED) is 0.870. The zero-order valence-corrected chi connectivity index (χ0v) is 11.9. The summed E-state index contributed by atoms with van der Waals surface area (Å²) in [5.41, 5.74) is 1.16. The summed E-state index contributed by atoms with van der Waals surface area (Å²) in [5, 5.41) is 16.2. The summed E-state index contributed by atoms with van der Waals surface area (Å²) in [6.45, 7) is 0.892. The Hall–Kier alpha value is -1.46. The monoisotopic (exact) mass is 279 g/mol. The fourth-order valence-electron chi connectivity index (χ4n) is 2.14. The van der Waals surface area contributed by atoms with Gasteiger partial charge in [0.2, 0.25) is 0 Å². The molecule has 0 fully saturated rings. The Balaban J connectivity index is 2.06. The molecule has 0 aliphatic carbocycles. The molecular formula is C13H18ClN5. The largest absolute Gasteiger partial charge is 0.319 e. The molecule has 2 rings (SSSR count). The van der Waals surface area contributed by atoms with Crippen molar-refractivity contribution in [3.63, 3.8) is 0 Å². The van der Waals surface area contributed by atoms with Crippen LogP contribution < -0.4 is 5.32 Å². The van der Waals surface area contributed by atoms with Gasteiger partial charge >= 0.3 is 0 Å². The number of nitrogens with one attached hydrogen (secondary N) is 1. The molecule has 2 aromatic rings. The van der Waals surface area contributed by atoms with Crippen molar-refractivity contribution in [1.82, 2.24) is 25.5 Å². The Morgan fingerprint density at radius 3 is 2.74 bits per heavy atom. The maximum absolute atomic E-state index is 6.21. The molecular weight excluding hydrogens is 262 g/mol. The lowest BCUT2D eigenvalue weighted by Crippen LogP contribution is -2.23. The van der Waals surface area contributed by atoms with Crippen LogP contribution >= 0.6 is 11.6 Å². The number of hydrogen-bond acceptors (Lipinski definition) is 4. The van der Waals surface area contributed by atoms with E-state index in [2.05, 4.69) is 26.8 Å². The number of tetrazole rings is 1. The first kappa shape index (κ1) is 14.0. The van der Waals surface area contributed by atoms with Crippen molar-refractivity contribution in [1.29, 1.82) is 0 Å². The third-order valence-electron chi connectivity index (χ3n) is 2.98. The standard InChI is InChI=1S/C13H18ClN5/c1-15-9-10(8-13-16-18-19(2)17-13)7-11-5-3-4-6-12(11)14/h3-6,10,15H,7-9H2,1-2H3. The topological polar surface area (TPSA) is 55.6 Å². The van der Waals surface area contributed by atoms with E-state index in [0.717, 1.165) is 35.8 Å². The number of aryl methyl sites for hydroxylation is 1. The molecule has 0 saturated carbocycles. The van der Waals surface area contributed by atoms with Crippen LogP contribution in [0.15, 0.2) is 24.3 Å². The van der Waals surface area contributed by atoms with Crippen molar-refractivity contribution in [2.24, 2.45) is 13.0 Å². The van der Waals surface area contributed by atoms with E-state index in [1.54, 1.807) is 7.05 Å². The number of aromatic nitrogens is 4. The second-order valence-electron chi connectivity index (χ2n) is 4.62. The molecule has 1 atom stereocenters. The highest BCUT2D eigenvalue weighted by atomic mass is 35.5. The van der Waals surface area contributed by atoms with Crippen molar-refractivity contribution in [2.45, 2.75) is 12.8 Å². The fraction of sp³-hybridized carbons (Fsp3) is 0.462. The van der Waals surface area contributed by atoms with Crippen LogP contribution in [0.2, 0.25) is 5.02 Å². The average Bonchev–Trinajstić information content (AvgIpc) is 2.78. The van der Waals surface area contributed by atoms with Crippen LogP contribution in [0.3, 0.4) is 0 Å². The van der Waals surface area contributed by atoms with E-state index >= 15 is 0 Å². The van der Waals surface area contributed by atoms with E-state index < -0.39 is 0 Å². The Labute approximate surface area is 118 Å². The van der Waals surface area contributed by atoms with Crippen LogP contribution in [0.4, 0.5) is 0 Å². The van der Waals surface area contributed by atoms with Crippen LogP contribution in [0.5, 0.6) is 0 Å². The van der Waals surface area contributed by atoms with E-state index in [-0.39, 0.29) is 0 Å². The third kappa shape index (κ3) is 4.01. The van der Waals surface area contributed by atoms with Crippen LogP contribution in [-0.4, -0.2) is 33.8 Å². The lowest BCUT2D eigenvalue weighted by Gasteiger charge is -2.15. The smallest absolute Gasteiger partial charge is 0.175 e. The molecule has 1 aromatic heterocycles. The molecule has 1 unspecified atom stereocenters. The number of hydrogen-bond donors (Lipinski definition) is 1. The molecule has 0 bridgehead atoms. The van der Waals surface area contributed by atoms with Crippen LogP contribution in [-0.2, 0) is 19.9 Å². The molecule has 5 nitrogen and oxygen atoms in total. The summed E-state index contributed by atoms with van der Waals surface area (Å²) in [5.74, 6) is 1.17. The Bertz CT molecular complexity index is 525. The molecule has 0 spiro atoms. The minimum Gasteiger partial charge on any atom is -0.319 e. The molecule has 6 heteroatoms. The van der Waals surface area contributed by atoms with Gasteiger partial charge in [0.15, 0.2) is 5.82 Å². The van der Waals surface area contributed by atoms with Crippen LogP contribution in [0.1, 0.15) is 11.4 Å². The lowest BCUT2D eigenvalue weighted by atomic mass is 9.96. The molecule has 19 heavy (non-hydrogen) atoms. The van der Waals surface area contributed by atoms with E-state index in [4.69, 9.17) is 11.6 Å². The summed E-state index contributed by atoms with van der Waals surface area (Å²) < 4.78 is 0. The summed E-state index contributed by atoms with van der Waals surface area (Å²) in [6, 6.07) is 7.95. The fourth-order valence-corrected chi connectivity index (χ4v) is 2.36. The lowest BCUT2D eigenvalue weighted by molar-refractivity contribution is 0.481. The number of benzene rings is 1. The number of nitrogens with zero attached hydrogens (tertiary/aromatic N) is 4. The first-order chi connectivity index (χ1) is 9.19. The number of rotatable bonds is 6. The highest BCUT2D eigenvalue weighted by Gasteiger charge is 2.14. The summed E-state index contributed by atoms with van der Waals surface area (Å²) >= 11 is 6.21. The van der Waals surface area contributed by atoms with Gasteiger partial charge in [-0.05, 0) is 42.8 Å². The van der Waals surface area contributed by atoms with Gasteiger partial charge in [-0.25, -0.2) is 0 Å². The molecule has 1 aromatic carbocycles. The summed E-state index contributed by atoms with van der Waals surface area (Å²) in [6.07, 6.45) is 1.69. The third-order valence-corrected chi connectivity index (χ3v) is 3.35. The van der Waals surface area contributed by atoms with Gasteiger partial charge in [-0.1, -0.05) is 29.8 Å². The molecule has 102 valence electrons. The number of halogens is 1. The predicted octanol–water partition coefficient (Wildman–Crippen LogP) is 1.48. The molecule has 1 N–H and O–H groups in total. The van der Waals surface area contributed by atoms with Gasteiger partial charge in [-0.2, -0.15) is 4.80 Å². The predicted molar refractivity (Wildman–Crippen MR) is 75.1 cm³/mol. The Morgan fingerprint density at radius 2 is 2.11 bits per heavy atom. The zero-order valence-electron chi connectivity index (χ0n) is 11.2. The minimum absolute atomic E-state index is 0.397. The average molecular weight is 280 g/mol. The molecule has 0 aliphatic heterocycles. The molecule has 0 saturated heterocycles. The van der Waals surface area contributed by atoms with E-state index in [1.165, 1.54) is 4.80 Å². The van der Waals surface area contributed by atoms with Gasteiger partial charge in [0.25, 0.3) is 0 Å². The van der Waals surface area contributed by atoms with Crippen molar-refractivity contribution in [2.75, 3.05) is 13.6 Å². The first-order valence-corrected chi connectivity index (χ1v) is 6.67. The maximum atomic E-state index is 6.21. The van der Waals surface area contributed by atoms with Gasteiger partial charge in [-0.3, -0.25) is 0 Å². The van der Waals surface area contributed by atoms with Gasteiger partial charge in [0.05, 0.1) is 7.05 Å². The van der Waals surface area contributed by atoms with Crippen molar-refractivity contribution in [3.8, 4) is 0 Å². The van der Waals surface area contributed by atoms with Crippen molar-refractivity contribution < 1.29 is 0 Å². The van der Waals surface area contributed by atoms with Crippen LogP contribution in [0.25, 0.3) is 0 Å². The van der Waals surface area contributed by atoms with E-state index in [9.17, 15) is 0 Å². The summed E-state index contributed by atoms with van der Waals surface area (Å²) in [7, 11) is 3.72. The Kier molecular flexibility index (Phi) is 4.87. The normalized spacial score (nSPS) is 12.6. The SMILES string of the molecule is CNCC(Cc1nnn(C)n1)Cc1ccccc1Cl. The second-order valence-corrected chi connectivity index (χ2v) is 5.03. The summed E-state index contributed by atoms with van der Waals surface area (Å²) in [4.78, 5) is 1.49. The molecule has 0 radical (unpaired) electrons. The zero-order chi connectivity index (χ0) is 13.7. The first-order valence-electron chi connectivity index (χ1n) is 6.30. The van der Waals surface area contributed by atoms with Crippen molar-refractivity contribution >= 4 is 11.6 Å². The van der Waals surface area contributed by atoms with Gasteiger partial charge in [0.1, 0.15) is 0 Å². The maximum Gasteiger partial charge on any atom is 0.175 e. The molecule has 1 heterocycles. The highest BCUT2D eigenvalue weighted by molar-refractivity contribution is 6.31. The van der Waals surface area contributed by atoms with Gasteiger partial charge in [0, 0.05) is 11.4 Å². The van der Waals surface area contributed by atoms with Crippen molar-refractivity contribution in [3.05, 3.63) is 40.7 Å². The molecule has 0 amide bonds. The van der Waals surface area contributed by atoms with Gasteiger partial charge < -0.3 is 5.32 Å². The second kappa shape index (κ2) is 6.63. The highest BCUT2D eigenvalue weighted by Crippen LogP contribution is 2.20. The van der Waals surface area contributed by atoms with E-state index in [0.29, 0.717) is 5.92 Å². The van der Waals surface area contributed by atoms with Crippen LogP contribution in [0, 0.1) is 5.92 Å². The van der Waals surface area contributed by atoms with Gasteiger partial charge in [-0.15, -0.1) is 10.2 Å². The minimum atomic E-state index is 0.397. The molecule has 0 aliphatic rings.